The molecule has 1 saturated heterocycles. The van der Waals surface area contributed by atoms with Gasteiger partial charge in [0.05, 0.1) is 11.4 Å². The minimum absolute atomic E-state index is 0.0994. The molecule has 24 heavy (non-hydrogen) atoms. The molecule has 0 spiro atoms. The fraction of sp³-hybridized carbons (Fsp3) is 0.529. The van der Waals surface area contributed by atoms with Crippen molar-refractivity contribution in [1.29, 1.82) is 0 Å². The first-order valence-electron chi connectivity index (χ1n) is 8.45. The second kappa shape index (κ2) is 6.82. The van der Waals surface area contributed by atoms with Crippen LogP contribution in [0.3, 0.4) is 0 Å². The summed E-state index contributed by atoms with van der Waals surface area (Å²) in [5, 5.41) is 5.30. The molecular weight excluding hydrogens is 342 g/mol. The van der Waals surface area contributed by atoms with Gasteiger partial charge >= 0.3 is 0 Å². The van der Waals surface area contributed by atoms with Gasteiger partial charge in [-0.3, -0.25) is 9.59 Å². The summed E-state index contributed by atoms with van der Waals surface area (Å²) in [6, 6.07) is 4.05. The molecular formula is C17H21N3O2S2. The SMILES string of the molecule is O=C(CNCC1CC1)N1CCN(C(=O)c2cc3sccc3s2)CC1. The number of carbonyl (C=O) groups is 2. The number of carbonyl (C=O) groups excluding carboxylic acids is 2. The Labute approximate surface area is 149 Å². The summed E-state index contributed by atoms with van der Waals surface area (Å²) < 4.78 is 2.36. The highest BCUT2D eigenvalue weighted by Gasteiger charge is 2.26. The Morgan fingerprint density at radius 1 is 1.12 bits per heavy atom. The van der Waals surface area contributed by atoms with Gasteiger partial charge in [0, 0.05) is 35.6 Å². The van der Waals surface area contributed by atoms with Crippen LogP contribution < -0.4 is 5.32 Å². The van der Waals surface area contributed by atoms with Crippen molar-refractivity contribution in [2.45, 2.75) is 12.8 Å². The Hall–Kier alpha value is -1.44. The molecule has 2 amide bonds. The molecule has 1 saturated carbocycles. The standard InChI is InChI=1S/C17H21N3O2S2/c21-16(11-18-10-12-1-2-12)19-4-6-20(7-5-19)17(22)15-9-14-13(24-15)3-8-23-14/h3,8-9,12,18H,1-2,4-7,10-11H2. The number of rotatable bonds is 5. The van der Waals surface area contributed by atoms with Gasteiger partial charge in [-0.15, -0.1) is 22.7 Å². The fourth-order valence-corrected chi connectivity index (χ4v) is 5.08. The zero-order valence-corrected chi connectivity index (χ0v) is 15.1. The average molecular weight is 364 g/mol. The lowest BCUT2D eigenvalue weighted by atomic mass is 10.3. The largest absolute Gasteiger partial charge is 0.338 e. The predicted molar refractivity (Wildman–Crippen MR) is 97.8 cm³/mol. The molecule has 3 heterocycles. The van der Waals surface area contributed by atoms with Crippen molar-refractivity contribution >= 4 is 43.9 Å². The van der Waals surface area contributed by atoms with E-state index in [1.54, 1.807) is 22.7 Å². The molecule has 0 aromatic carbocycles. The van der Waals surface area contributed by atoms with Crippen LogP contribution in [-0.2, 0) is 4.79 Å². The third kappa shape index (κ3) is 3.48. The molecule has 0 unspecified atom stereocenters. The summed E-state index contributed by atoms with van der Waals surface area (Å²) in [6.07, 6.45) is 2.59. The summed E-state index contributed by atoms with van der Waals surface area (Å²) in [4.78, 5) is 29.4. The Morgan fingerprint density at radius 2 is 1.88 bits per heavy atom. The number of fused-ring (bicyclic) bond motifs is 1. The van der Waals surface area contributed by atoms with Crippen LogP contribution in [0.2, 0.25) is 0 Å². The molecule has 0 atom stereocenters. The van der Waals surface area contributed by atoms with Gasteiger partial charge in [0.25, 0.3) is 5.91 Å². The number of piperazine rings is 1. The molecule has 0 bridgehead atoms. The van der Waals surface area contributed by atoms with Crippen molar-refractivity contribution in [2.24, 2.45) is 5.92 Å². The molecule has 5 nitrogen and oxygen atoms in total. The summed E-state index contributed by atoms with van der Waals surface area (Å²) >= 11 is 3.23. The number of hydrogen-bond acceptors (Lipinski definition) is 5. The highest BCUT2D eigenvalue weighted by Crippen LogP contribution is 2.31. The molecule has 2 aromatic heterocycles. The number of hydrogen-bond donors (Lipinski definition) is 1. The lowest BCUT2D eigenvalue weighted by molar-refractivity contribution is -0.131. The summed E-state index contributed by atoms with van der Waals surface area (Å²) in [5.41, 5.74) is 0. The molecule has 7 heteroatoms. The summed E-state index contributed by atoms with van der Waals surface area (Å²) in [5.74, 6) is 1.04. The second-order valence-corrected chi connectivity index (χ2v) is 8.54. The molecule has 1 N–H and O–H groups in total. The van der Waals surface area contributed by atoms with E-state index in [4.69, 9.17) is 0 Å². The molecule has 1 aliphatic carbocycles. The number of nitrogens with one attached hydrogen (secondary N) is 1. The van der Waals surface area contributed by atoms with Crippen LogP contribution in [0.4, 0.5) is 0 Å². The second-order valence-electron chi connectivity index (χ2n) is 6.51. The van der Waals surface area contributed by atoms with Crippen molar-refractivity contribution in [2.75, 3.05) is 39.3 Å². The minimum atomic E-state index is 0.0994. The summed E-state index contributed by atoms with van der Waals surface area (Å²) in [7, 11) is 0. The maximum atomic E-state index is 12.6. The third-order valence-electron chi connectivity index (χ3n) is 4.68. The molecule has 128 valence electrons. The van der Waals surface area contributed by atoms with Gasteiger partial charge in [-0.2, -0.15) is 0 Å². The lowest BCUT2D eigenvalue weighted by Crippen LogP contribution is -2.52. The van der Waals surface area contributed by atoms with E-state index in [-0.39, 0.29) is 11.8 Å². The molecule has 2 aliphatic rings. The van der Waals surface area contributed by atoms with Crippen LogP contribution in [0.1, 0.15) is 22.5 Å². The monoisotopic (exact) mass is 363 g/mol. The van der Waals surface area contributed by atoms with E-state index < -0.39 is 0 Å². The average Bonchev–Trinajstić information content (AvgIpc) is 3.16. The highest BCUT2D eigenvalue weighted by molar-refractivity contribution is 7.27. The van der Waals surface area contributed by atoms with E-state index >= 15 is 0 Å². The molecule has 2 aromatic rings. The molecule has 0 radical (unpaired) electrons. The lowest BCUT2D eigenvalue weighted by Gasteiger charge is -2.34. The van der Waals surface area contributed by atoms with E-state index in [1.807, 2.05) is 15.9 Å². The van der Waals surface area contributed by atoms with Gasteiger partial charge in [-0.1, -0.05) is 0 Å². The van der Waals surface area contributed by atoms with E-state index in [2.05, 4.69) is 16.8 Å². The zero-order valence-electron chi connectivity index (χ0n) is 13.5. The van der Waals surface area contributed by atoms with E-state index in [9.17, 15) is 9.59 Å². The van der Waals surface area contributed by atoms with Crippen molar-refractivity contribution in [1.82, 2.24) is 15.1 Å². The first kappa shape index (κ1) is 16.1. The van der Waals surface area contributed by atoms with Gasteiger partial charge in [-0.25, -0.2) is 0 Å². The Balaban J connectivity index is 1.27. The van der Waals surface area contributed by atoms with Crippen molar-refractivity contribution in [3.8, 4) is 0 Å². The number of nitrogens with zero attached hydrogens (tertiary/aromatic N) is 2. The van der Waals surface area contributed by atoms with Gasteiger partial charge < -0.3 is 15.1 Å². The topological polar surface area (TPSA) is 52.7 Å². The van der Waals surface area contributed by atoms with Crippen LogP contribution in [0.15, 0.2) is 17.5 Å². The maximum Gasteiger partial charge on any atom is 0.264 e. The fourth-order valence-electron chi connectivity index (χ4n) is 3.00. The van der Waals surface area contributed by atoms with E-state index in [0.29, 0.717) is 32.7 Å². The predicted octanol–water partition coefficient (Wildman–Crippen LogP) is 2.25. The zero-order chi connectivity index (χ0) is 16.5. The van der Waals surface area contributed by atoms with Crippen LogP contribution in [-0.4, -0.2) is 60.9 Å². The number of amides is 2. The molecule has 4 rings (SSSR count). The maximum absolute atomic E-state index is 12.6. The quantitative estimate of drug-likeness (QED) is 0.886. The van der Waals surface area contributed by atoms with Gasteiger partial charge in [0.1, 0.15) is 0 Å². The van der Waals surface area contributed by atoms with Crippen molar-refractivity contribution in [3.05, 3.63) is 22.4 Å². The first-order valence-corrected chi connectivity index (χ1v) is 10.1. The smallest absolute Gasteiger partial charge is 0.264 e. The van der Waals surface area contributed by atoms with E-state index in [1.165, 1.54) is 22.2 Å². The number of thiophene rings is 2. The van der Waals surface area contributed by atoms with Crippen LogP contribution in [0, 0.1) is 5.92 Å². The first-order chi connectivity index (χ1) is 11.7. The third-order valence-corrected chi connectivity index (χ3v) is 6.76. The minimum Gasteiger partial charge on any atom is -0.338 e. The Morgan fingerprint density at radius 3 is 2.58 bits per heavy atom. The van der Waals surface area contributed by atoms with Gasteiger partial charge in [-0.05, 0) is 42.8 Å². The Kier molecular flexibility index (Phi) is 4.56. The van der Waals surface area contributed by atoms with Crippen LogP contribution >= 0.6 is 22.7 Å². The summed E-state index contributed by atoms with van der Waals surface area (Å²) in [6.45, 7) is 3.90. The van der Waals surface area contributed by atoms with Crippen molar-refractivity contribution < 1.29 is 9.59 Å². The van der Waals surface area contributed by atoms with E-state index in [0.717, 1.165) is 17.3 Å². The van der Waals surface area contributed by atoms with Crippen molar-refractivity contribution in [3.63, 3.8) is 0 Å². The molecule has 2 fully saturated rings. The highest BCUT2D eigenvalue weighted by atomic mass is 32.1. The Bertz CT molecular complexity index is 713. The van der Waals surface area contributed by atoms with Crippen LogP contribution in [0.25, 0.3) is 9.40 Å². The van der Waals surface area contributed by atoms with Crippen LogP contribution in [0.5, 0.6) is 0 Å². The van der Waals surface area contributed by atoms with Gasteiger partial charge in [0.2, 0.25) is 5.91 Å². The van der Waals surface area contributed by atoms with Gasteiger partial charge in [0.15, 0.2) is 0 Å². The molecule has 1 aliphatic heterocycles. The normalized spacial score (nSPS) is 18.3.